The highest BCUT2D eigenvalue weighted by atomic mass is 16.4. The number of carboxylic acids is 1. The summed E-state index contributed by atoms with van der Waals surface area (Å²) in [7, 11) is 0. The van der Waals surface area contributed by atoms with E-state index in [-0.39, 0.29) is 0 Å². The van der Waals surface area contributed by atoms with Gasteiger partial charge in [0.05, 0.1) is 11.0 Å². The second kappa shape index (κ2) is 8.64. The zero-order chi connectivity index (χ0) is 17.5. The molecule has 0 radical (unpaired) electrons. The van der Waals surface area contributed by atoms with Crippen molar-refractivity contribution in [2.24, 2.45) is 0 Å². The van der Waals surface area contributed by atoms with Crippen LogP contribution in [0.4, 0.5) is 0 Å². The summed E-state index contributed by atoms with van der Waals surface area (Å²) >= 11 is 0. The molecule has 0 aliphatic carbocycles. The molecule has 0 aromatic carbocycles. The summed E-state index contributed by atoms with van der Waals surface area (Å²) in [5.74, 6) is -0.730. The fourth-order valence-electron chi connectivity index (χ4n) is 3.32. The monoisotopic (exact) mass is 329 g/mol. The molecule has 2 rings (SSSR count). The quantitative estimate of drug-likeness (QED) is 0.875. The molecule has 130 valence electrons. The van der Waals surface area contributed by atoms with E-state index in [9.17, 15) is 9.90 Å². The Labute approximate surface area is 143 Å². The van der Waals surface area contributed by atoms with E-state index in [1.165, 1.54) is 0 Å². The Hall–Kier alpha value is -2.14. The van der Waals surface area contributed by atoms with Crippen molar-refractivity contribution in [3.8, 4) is 0 Å². The third kappa shape index (κ3) is 4.03. The third-order valence-corrected chi connectivity index (χ3v) is 4.57. The van der Waals surface area contributed by atoms with Gasteiger partial charge in [-0.05, 0) is 37.1 Å². The number of hydrogen-bond donors (Lipinski definition) is 1. The fraction of sp³-hybridized carbons (Fsp3) is 0.474. The van der Waals surface area contributed by atoms with Gasteiger partial charge in [-0.1, -0.05) is 25.6 Å². The molecule has 1 fully saturated rings. The highest BCUT2D eigenvalue weighted by Crippen LogP contribution is 2.14. The van der Waals surface area contributed by atoms with Gasteiger partial charge in [-0.3, -0.25) is 14.7 Å². The number of pyridine rings is 1. The number of hydrogen-bond acceptors (Lipinski definition) is 4. The third-order valence-electron chi connectivity index (χ3n) is 4.57. The maximum absolute atomic E-state index is 11.4. The van der Waals surface area contributed by atoms with Crippen LogP contribution in [0.5, 0.6) is 0 Å². The van der Waals surface area contributed by atoms with Crippen LogP contribution in [0.25, 0.3) is 11.8 Å². The smallest absolute Gasteiger partial charge is 0.320 e. The molecule has 2 heterocycles. The summed E-state index contributed by atoms with van der Waals surface area (Å²) in [6.45, 7) is 11.1. The van der Waals surface area contributed by atoms with Gasteiger partial charge in [-0.2, -0.15) is 0 Å². The Balaban J connectivity index is 2.30. The lowest BCUT2D eigenvalue weighted by atomic mass is 10.2. The second-order valence-corrected chi connectivity index (χ2v) is 5.96. The lowest BCUT2D eigenvalue weighted by Crippen LogP contribution is -2.43. The topological polar surface area (TPSA) is 56.7 Å². The summed E-state index contributed by atoms with van der Waals surface area (Å²) in [5, 5.41) is 11.4. The minimum atomic E-state index is -0.730. The van der Waals surface area contributed by atoms with Crippen molar-refractivity contribution in [3.63, 3.8) is 0 Å². The summed E-state index contributed by atoms with van der Waals surface area (Å²) in [6, 6.07) is 3.59. The molecule has 1 atom stereocenters. The van der Waals surface area contributed by atoms with Crippen molar-refractivity contribution in [2.75, 3.05) is 26.2 Å². The van der Waals surface area contributed by atoms with Crippen LogP contribution < -0.4 is 10.6 Å². The van der Waals surface area contributed by atoms with E-state index in [1.807, 2.05) is 38.1 Å². The van der Waals surface area contributed by atoms with Crippen molar-refractivity contribution < 1.29 is 9.90 Å². The standard InChI is InChI=1S/C19H27N3O2/c1-4-15-9-7-10-20-18(15)16(5-2)21-11-8-12-22(14-13-21)17(6-3)19(23)24/h4-5,7,9-10,17H,2,6,8,11-14H2,1,3H3,(H,23,24)/b15-4-,18-16-. The summed E-state index contributed by atoms with van der Waals surface area (Å²) < 4.78 is 0. The number of rotatable bonds is 5. The van der Waals surface area contributed by atoms with Crippen molar-refractivity contribution in [1.82, 2.24) is 14.8 Å². The van der Waals surface area contributed by atoms with Gasteiger partial charge in [-0.15, -0.1) is 0 Å². The van der Waals surface area contributed by atoms with Crippen molar-refractivity contribution in [2.45, 2.75) is 32.7 Å². The molecule has 1 aromatic heterocycles. The fourth-order valence-corrected chi connectivity index (χ4v) is 3.32. The van der Waals surface area contributed by atoms with E-state index in [4.69, 9.17) is 0 Å². The Bertz CT molecular complexity index is 699. The van der Waals surface area contributed by atoms with Crippen molar-refractivity contribution in [1.29, 1.82) is 0 Å². The van der Waals surface area contributed by atoms with Crippen LogP contribution in [0, 0.1) is 0 Å². The molecule has 0 amide bonds. The molecule has 0 spiro atoms. The summed E-state index contributed by atoms with van der Waals surface area (Å²) in [5.41, 5.74) is 1.02. The SMILES string of the molecule is C=C/C(=c1/nccc/c1=C/C)N1CCCN(C(CC)C(=O)O)CC1. The molecule has 1 N–H and O–H groups in total. The van der Waals surface area contributed by atoms with Gasteiger partial charge in [0, 0.05) is 32.4 Å². The summed E-state index contributed by atoms with van der Waals surface area (Å²) in [6.07, 6.45) is 7.27. The molecule has 1 aromatic rings. The van der Waals surface area contributed by atoms with E-state index < -0.39 is 12.0 Å². The van der Waals surface area contributed by atoms with Crippen LogP contribution >= 0.6 is 0 Å². The molecule has 24 heavy (non-hydrogen) atoms. The van der Waals surface area contributed by atoms with Gasteiger partial charge in [-0.25, -0.2) is 0 Å². The molecular weight excluding hydrogens is 302 g/mol. The van der Waals surface area contributed by atoms with Gasteiger partial charge in [0.2, 0.25) is 0 Å². The minimum absolute atomic E-state index is 0.397. The van der Waals surface area contributed by atoms with Crippen LogP contribution in [-0.2, 0) is 4.79 Å². The van der Waals surface area contributed by atoms with E-state index in [0.29, 0.717) is 6.42 Å². The first-order chi connectivity index (χ1) is 11.6. The Morgan fingerprint density at radius 1 is 1.42 bits per heavy atom. The zero-order valence-corrected chi connectivity index (χ0v) is 14.6. The van der Waals surface area contributed by atoms with Crippen molar-refractivity contribution >= 4 is 17.7 Å². The lowest BCUT2D eigenvalue weighted by Gasteiger charge is -2.27. The highest BCUT2D eigenvalue weighted by molar-refractivity contribution is 5.73. The van der Waals surface area contributed by atoms with Crippen LogP contribution in [0.1, 0.15) is 26.7 Å². The first-order valence-corrected chi connectivity index (χ1v) is 8.58. The minimum Gasteiger partial charge on any atom is -0.480 e. The maximum atomic E-state index is 11.4. The molecule has 1 aliphatic heterocycles. The van der Waals surface area contributed by atoms with E-state index >= 15 is 0 Å². The zero-order valence-electron chi connectivity index (χ0n) is 14.6. The largest absolute Gasteiger partial charge is 0.480 e. The average molecular weight is 329 g/mol. The predicted octanol–water partition coefficient (Wildman–Crippen LogP) is 1.05. The Morgan fingerprint density at radius 3 is 2.83 bits per heavy atom. The predicted molar refractivity (Wildman–Crippen MR) is 96.7 cm³/mol. The van der Waals surface area contributed by atoms with Gasteiger partial charge >= 0.3 is 5.97 Å². The van der Waals surface area contributed by atoms with E-state index in [1.54, 1.807) is 6.20 Å². The molecule has 1 unspecified atom stereocenters. The Kier molecular flexibility index (Phi) is 6.55. The molecule has 5 nitrogen and oxygen atoms in total. The molecule has 0 bridgehead atoms. The van der Waals surface area contributed by atoms with Crippen molar-refractivity contribution in [3.05, 3.63) is 41.6 Å². The van der Waals surface area contributed by atoms with Crippen LogP contribution in [0.3, 0.4) is 0 Å². The van der Waals surface area contributed by atoms with Crippen LogP contribution in [-0.4, -0.2) is 58.1 Å². The maximum Gasteiger partial charge on any atom is 0.320 e. The first-order valence-electron chi connectivity index (χ1n) is 8.58. The van der Waals surface area contributed by atoms with E-state index in [0.717, 1.165) is 48.9 Å². The van der Waals surface area contributed by atoms with Gasteiger partial charge < -0.3 is 10.0 Å². The number of nitrogens with zero attached hydrogens (tertiary/aromatic N) is 3. The number of carbonyl (C=O) groups is 1. The van der Waals surface area contributed by atoms with E-state index in [2.05, 4.69) is 21.4 Å². The van der Waals surface area contributed by atoms with Crippen LogP contribution in [0.15, 0.2) is 31.0 Å². The average Bonchev–Trinajstić information content (AvgIpc) is 2.83. The number of aliphatic carboxylic acids is 1. The number of aromatic nitrogens is 1. The molecular formula is C19H27N3O2. The normalized spacial score (nSPS) is 19.6. The highest BCUT2D eigenvalue weighted by Gasteiger charge is 2.26. The molecule has 1 aliphatic rings. The lowest BCUT2D eigenvalue weighted by molar-refractivity contribution is -0.143. The van der Waals surface area contributed by atoms with Gasteiger partial charge in [0.25, 0.3) is 0 Å². The van der Waals surface area contributed by atoms with Gasteiger partial charge in [0.15, 0.2) is 0 Å². The van der Waals surface area contributed by atoms with Gasteiger partial charge in [0.1, 0.15) is 6.04 Å². The Morgan fingerprint density at radius 2 is 2.21 bits per heavy atom. The molecule has 1 saturated heterocycles. The number of carboxylic acid groups (broad SMARTS) is 1. The summed E-state index contributed by atoms with van der Waals surface area (Å²) in [4.78, 5) is 20.3. The van der Waals surface area contributed by atoms with Crippen LogP contribution in [0.2, 0.25) is 0 Å². The second-order valence-electron chi connectivity index (χ2n) is 5.96. The molecule has 0 saturated carbocycles. The molecule has 5 heteroatoms. The first kappa shape index (κ1) is 18.2.